The highest BCUT2D eigenvalue weighted by Crippen LogP contribution is 2.34. The smallest absolute Gasteiger partial charge is 0.253 e. The molecule has 0 bridgehead atoms. The van der Waals surface area contributed by atoms with E-state index in [2.05, 4.69) is 33.2 Å². The van der Waals surface area contributed by atoms with Crippen LogP contribution in [-0.2, 0) is 0 Å². The van der Waals surface area contributed by atoms with Crippen LogP contribution in [0, 0.1) is 0 Å². The SMILES string of the molecule is CCC1(NC(=O)c2cncc(Br)c2)CCC1. The maximum absolute atomic E-state index is 12.0. The molecule has 0 aliphatic heterocycles. The Morgan fingerprint density at radius 3 is 2.81 bits per heavy atom. The first-order valence-electron chi connectivity index (χ1n) is 5.58. The monoisotopic (exact) mass is 282 g/mol. The molecule has 1 aliphatic carbocycles. The second-order valence-corrected chi connectivity index (χ2v) is 5.25. The summed E-state index contributed by atoms with van der Waals surface area (Å²) >= 11 is 3.32. The maximum Gasteiger partial charge on any atom is 0.253 e. The van der Waals surface area contributed by atoms with Crippen molar-refractivity contribution in [3.63, 3.8) is 0 Å². The lowest BCUT2D eigenvalue weighted by molar-refractivity contribution is 0.0820. The van der Waals surface area contributed by atoms with E-state index in [9.17, 15) is 4.79 Å². The van der Waals surface area contributed by atoms with E-state index in [-0.39, 0.29) is 11.4 Å². The molecule has 1 N–H and O–H groups in total. The van der Waals surface area contributed by atoms with E-state index in [1.807, 2.05) is 0 Å². The highest BCUT2D eigenvalue weighted by molar-refractivity contribution is 9.10. The molecule has 0 spiro atoms. The van der Waals surface area contributed by atoms with Crippen molar-refractivity contribution < 1.29 is 4.79 Å². The van der Waals surface area contributed by atoms with E-state index in [0.29, 0.717) is 5.56 Å². The summed E-state index contributed by atoms with van der Waals surface area (Å²) in [6.45, 7) is 2.12. The Bertz CT molecular complexity index is 396. The van der Waals surface area contributed by atoms with Gasteiger partial charge in [-0.1, -0.05) is 6.92 Å². The third-order valence-electron chi connectivity index (χ3n) is 3.33. The van der Waals surface area contributed by atoms with Gasteiger partial charge in [0.15, 0.2) is 0 Å². The first-order valence-corrected chi connectivity index (χ1v) is 6.37. The summed E-state index contributed by atoms with van der Waals surface area (Å²) < 4.78 is 0.833. The van der Waals surface area contributed by atoms with Crippen molar-refractivity contribution >= 4 is 21.8 Å². The zero-order chi connectivity index (χ0) is 11.6. The van der Waals surface area contributed by atoms with Crippen molar-refractivity contribution in [3.05, 3.63) is 28.5 Å². The Hall–Kier alpha value is -0.900. The molecular weight excluding hydrogens is 268 g/mol. The predicted molar refractivity (Wildman–Crippen MR) is 66.3 cm³/mol. The number of carbonyl (C=O) groups excluding carboxylic acids is 1. The molecule has 2 rings (SSSR count). The number of carbonyl (C=O) groups is 1. The minimum absolute atomic E-state index is 0.0182. The number of aromatic nitrogens is 1. The van der Waals surface area contributed by atoms with Crippen molar-refractivity contribution in [2.45, 2.75) is 38.1 Å². The standard InChI is InChI=1S/C12H15BrN2O/c1-2-12(4-3-5-12)15-11(16)9-6-10(13)8-14-7-9/h6-8H,2-5H2,1H3,(H,15,16). The van der Waals surface area contributed by atoms with Crippen LogP contribution in [0.2, 0.25) is 0 Å². The van der Waals surface area contributed by atoms with Crippen molar-refractivity contribution in [2.75, 3.05) is 0 Å². The normalized spacial score (nSPS) is 17.6. The summed E-state index contributed by atoms with van der Waals surface area (Å²) in [5.41, 5.74) is 0.661. The van der Waals surface area contributed by atoms with E-state index in [1.165, 1.54) is 6.42 Å². The summed E-state index contributed by atoms with van der Waals surface area (Å²) in [4.78, 5) is 16.0. The summed E-state index contributed by atoms with van der Waals surface area (Å²) in [6.07, 6.45) is 7.68. The molecule has 0 saturated heterocycles. The molecule has 3 nitrogen and oxygen atoms in total. The van der Waals surface area contributed by atoms with Crippen molar-refractivity contribution in [1.29, 1.82) is 0 Å². The van der Waals surface area contributed by atoms with Gasteiger partial charge < -0.3 is 5.32 Å². The number of nitrogens with zero attached hydrogens (tertiary/aromatic N) is 1. The van der Waals surface area contributed by atoms with E-state index >= 15 is 0 Å². The van der Waals surface area contributed by atoms with Crippen LogP contribution in [0.5, 0.6) is 0 Å². The molecule has 4 heteroatoms. The van der Waals surface area contributed by atoms with Gasteiger partial charge in [0.2, 0.25) is 0 Å². The Morgan fingerprint density at radius 2 is 2.31 bits per heavy atom. The molecule has 1 fully saturated rings. The van der Waals surface area contributed by atoms with Crippen molar-refractivity contribution in [3.8, 4) is 0 Å². The summed E-state index contributed by atoms with van der Waals surface area (Å²) in [5, 5.41) is 3.12. The first kappa shape index (κ1) is 11.6. The molecule has 86 valence electrons. The van der Waals surface area contributed by atoms with Gasteiger partial charge in [-0.15, -0.1) is 0 Å². The largest absolute Gasteiger partial charge is 0.347 e. The van der Waals surface area contributed by atoms with E-state index in [4.69, 9.17) is 0 Å². The molecule has 1 saturated carbocycles. The number of amides is 1. The minimum atomic E-state index is -0.0182. The summed E-state index contributed by atoms with van der Waals surface area (Å²) in [7, 11) is 0. The number of pyridine rings is 1. The molecule has 0 radical (unpaired) electrons. The third kappa shape index (κ3) is 2.26. The highest BCUT2D eigenvalue weighted by atomic mass is 79.9. The zero-order valence-electron chi connectivity index (χ0n) is 9.29. The van der Waals surface area contributed by atoms with Gasteiger partial charge in [-0.25, -0.2) is 0 Å². The lowest BCUT2D eigenvalue weighted by Gasteiger charge is -2.42. The number of hydrogen-bond donors (Lipinski definition) is 1. The van der Waals surface area contributed by atoms with Crippen LogP contribution < -0.4 is 5.32 Å². The number of hydrogen-bond acceptors (Lipinski definition) is 2. The van der Waals surface area contributed by atoms with Crippen molar-refractivity contribution in [1.82, 2.24) is 10.3 Å². The number of nitrogens with one attached hydrogen (secondary N) is 1. The predicted octanol–water partition coefficient (Wildman–Crippen LogP) is 2.91. The second kappa shape index (κ2) is 4.53. The Labute approximate surface area is 104 Å². The van der Waals surface area contributed by atoms with Gasteiger partial charge in [-0.2, -0.15) is 0 Å². The fourth-order valence-electron chi connectivity index (χ4n) is 2.02. The molecule has 0 aromatic carbocycles. The first-order chi connectivity index (χ1) is 7.65. The maximum atomic E-state index is 12.0. The molecular formula is C12H15BrN2O. The summed E-state index contributed by atoms with van der Waals surface area (Å²) in [5.74, 6) is -0.0182. The van der Waals surface area contributed by atoms with E-state index in [0.717, 1.165) is 23.7 Å². The molecule has 1 aromatic heterocycles. The van der Waals surface area contributed by atoms with Crippen LogP contribution in [-0.4, -0.2) is 16.4 Å². The van der Waals surface area contributed by atoms with Gasteiger partial charge in [0.25, 0.3) is 5.91 Å². The van der Waals surface area contributed by atoms with Crippen LogP contribution in [0.25, 0.3) is 0 Å². The Kier molecular flexibility index (Phi) is 3.28. The van der Waals surface area contributed by atoms with Crippen LogP contribution in [0.15, 0.2) is 22.9 Å². The molecule has 1 amide bonds. The van der Waals surface area contributed by atoms with Crippen LogP contribution in [0.4, 0.5) is 0 Å². The van der Waals surface area contributed by atoms with E-state index < -0.39 is 0 Å². The quantitative estimate of drug-likeness (QED) is 0.926. The van der Waals surface area contributed by atoms with Gasteiger partial charge in [0, 0.05) is 22.4 Å². The number of rotatable bonds is 3. The zero-order valence-corrected chi connectivity index (χ0v) is 10.9. The highest BCUT2D eigenvalue weighted by Gasteiger charge is 2.36. The van der Waals surface area contributed by atoms with Crippen LogP contribution in [0.1, 0.15) is 43.0 Å². The Morgan fingerprint density at radius 1 is 1.56 bits per heavy atom. The lowest BCUT2D eigenvalue weighted by atomic mass is 9.74. The average Bonchev–Trinajstić information content (AvgIpc) is 2.23. The van der Waals surface area contributed by atoms with Crippen LogP contribution in [0.3, 0.4) is 0 Å². The second-order valence-electron chi connectivity index (χ2n) is 4.33. The molecule has 0 unspecified atom stereocenters. The topological polar surface area (TPSA) is 42.0 Å². The van der Waals surface area contributed by atoms with Gasteiger partial charge in [0.05, 0.1) is 5.56 Å². The van der Waals surface area contributed by atoms with Crippen LogP contribution >= 0.6 is 15.9 Å². The molecule has 1 aromatic rings. The lowest BCUT2D eigenvalue weighted by Crippen LogP contribution is -2.52. The van der Waals surface area contributed by atoms with Crippen molar-refractivity contribution in [2.24, 2.45) is 0 Å². The van der Waals surface area contributed by atoms with Gasteiger partial charge in [-0.3, -0.25) is 9.78 Å². The van der Waals surface area contributed by atoms with E-state index in [1.54, 1.807) is 18.5 Å². The summed E-state index contributed by atoms with van der Waals surface area (Å²) in [6, 6.07) is 1.80. The molecule has 1 heterocycles. The average molecular weight is 283 g/mol. The van der Waals surface area contributed by atoms with Gasteiger partial charge in [0.1, 0.15) is 0 Å². The molecule has 0 atom stereocenters. The van der Waals surface area contributed by atoms with Gasteiger partial charge in [-0.05, 0) is 47.7 Å². The van der Waals surface area contributed by atoms with Gasteiger partial charge >= 0.3 is 0 Å². The fourth-order valence-corrected chi connectivity index (χ4v) is 2.38. The molecule has 1 aliphatic rings. The Balaban J connectivity index is 2.08. The minimum Gasteiger partial charge on any atom is -0.347 e. The fraction of sp³-hybridized carbons (Fsp3) is 0.500. The third-order valence-corrected chi connectivity index (χ3v) is 3.77. The number of halogens is 1. The molecule has 16 heavy (non-hydrogen) atoms.